The number of nitrogens with one attached hydrogen (secondary N) is 1. The van der Waals surface area contributed by atoms with Crippen LogP contribution in [-0.4, -0.2) is 41.2 Å². The van der Waals surface area contributed by atoms with Crippen LogP contribution >= 0.6 is 0 Å². The van der Waals surface area contributed by atoms with Gasteiger partial charge in [0.05, 0.1) is 6.54 Å². The highest BCUT2D eigenvalue weighted by Crippen LogP contribution is 2.21. The summed E-state index contributed by atoms with van der Waals surface area (Å²) < 4.78 is 5.45. The highest BCUT2D eigenvalue weighted by Gasteiger charge is 2.20. The minimum Gasteiger partial charge on any atom is -0.338 e. The van der Waals surface area contributed by atoms with Gasteiger partial charge in [-0.2, -0.15) is 4.98 Å². The van der Waals surface area contributed by atoms with Crippen molar-refractivity contribution in [2.45, 2.75) is 45.2 Å². The molecule has 1 aromatic carbocycles. The van der Waals surface area contributed by atoms with E-state index in [2.05, 4.69) is 58.5 Å². The van der Waals surface area contributed by atoms with Crippen LogP contribution in [0.1, 0.15) is 44.1 Å². The van der Waals surface area contributed by atoms with E-state index in [4.69, 9.17) is 4.52 Å². The summed E-state index contributed by atoms with van der Waals surface area (Å²) in [5.41, 5.74) is 2.33. The van der Waals surface area contributed by atoms with E-state index < -0.39 is 0 Å². The molecule has 0 radical (unpaired) electrons. The molecule has 1 atom stereocenters. The second-order valence-corrected chi connectivity index (χ2v) is 6.65. The summed E-state index contributed by atoms with van der Waals surface area (Å²) in [4.78, 5) is 6.94. The first-order chi connectivity index (χ1) is 11.2. The highest BCUT2D eigenvalue weighted by atomic mass is 16.5. The van der Waals surface area contributed by atoms with Gasteiger partial charge in [-0.1, -0.05) is 43.3 Å². The second kappa shape index (κ2) is 7.23. The molecule has 2 aromatic rings. The molecule has 5 nitrogen and oxygen atoms in total. The molecule has 0 saturated carbocycles. The zero-order valence-electron chi connectivity index (χ0n) is 14.2. The van der Waals surface area contributed by atoms with Crippen molar-refractivity contribution in [1.29, 1.82) is 0 Å². The maximum Gasteiger partial charge on any atom is 0.241 e. The lowest BCUT2D eigenvalue weighted by Crippen LogP contribution is -2.43. The van der Waals surface area contributed by atoms with Crippen LogP contribution in [0.2, 0.25) is 0 Å². The van der Waals surface area contributed by atoms with Crippen LogP contribution in [0.3, 0.4) is 0 Å². The SMILES string of the molecule is CNC1CCCN(Cc2nc(-c3ccc(C(C)C)cc3)no2)C1. The Kier molecular flexibility index (Phi) is 5.08. The van der Waals surface area contributed by atoms with Gasteiger partial charge in [-0.05, 0) is 37.9 Å². The minimum atomic E-state index is 0.532. The fourth-order valence-corrected chi connectivity index (χ4v) is 3.08. The number of benzene rings is 1. The van der Waals surface area contributed by atoms with Gasteiger partial charge in [0.2, 0.25) is 11.7 Å². The molecule has 1 saturated heterocycles. The summed E-state index contributed by atoms with van der Waals surface area (Å²) in [6, 6.07) is 8.98. The maximum absolute atomic E-state index is 5.45. The molecule has 0 aliphatic carbocycles. The first kappa shape index (κ1) is 16.1. The Hall–Kier alpha value is -1.72. The average Bonchev–Trinajstić information content (AvgIpc) is 3.03. The molecule has 1 N–H and O–H groups in total. The number of nitrogens with zero attached hydrogens (tertiary/aromatic N) is 3. The molecule has 1 unspecified atom stereocenters. The molecule has 0 amide bonds. The van der Waals surface area contributed by atoms with E-state index in [-0.39, 0.29) is 0 Å². The lowest BCUT2D eigenvalue weighted by molar-refractivity contribution is 0.167. The summed E-state index contributed by atoms with van der Waals surface area (Å²) in [6.45, 7) is 7.25. The number of piperidine rings is 1. The first-order valence-corrected chi connectivity index (χ1v) is 8.48. The molecular formula is C18H26N4O. The third kappa shape index (κ3) is 3.98. The van der Waals surface area contributed by atoms with E-state index in [0.717, 1.165) is 25.2 Å². The molecule has 1 aromatic heterocycles. The van der Waals surface area contributed by atoms with E-state index in [9.17, 15) is 0 Å². The molecule has 3 rings (SSSR count). The molecule has 2 heterocycles. The Morgan fingerprint density at radius 2 is 2.09 bits per heavy atom. The normalized spacial score (nSPS) is 19.4. The van der Waals surface area contributed by atoms with Crippen molar-refractivity contribution in [2.75, 3.05) is 20.1 Å². The molecule has 1 aliphatic rings. The minimum absolute atomic E-state index is 0.532. The molecule has 5 heteroatoms. The van der Waals surface area contributed by atoms with E-state index >= 15 is 0 Å². The van der Waals surface area contributed by atoms with Gasteiger partial charge in [0.25, 0.3) is 0 Å². The molecular weight excluding hydrogens is 288 g/mol. The van der Waals surface area contributed by atoms with Crippen molar-refractivity contribution in [3.8, 4) is 11.4 Å². The van der Waals surface area contributed by atoms with E-state index in [1.54, 1.807) is 0 Å². The Balaban J connectivity index is 1.65. The number of aromatic nitrogens is 2. The molecule has 23 heavy (non-hydrogen) atoms. The standard InChI is InChI=1S/C18H26N4O/c1-13(2)14-6-8-15(9-7-14)18-20-17(23-21-18)12-22-10-4-5-16(11-22)19-3/h6-9,13,16,19H,4-5,10-12H2,1-3H3. The summed E-state index contributed by atoms with van der Waals surface area (Å²) in [7, 11) is 2.03. The van der Waals surface area contributed by atoms with E-state index in [1.807, 2.05) is 7.05 Å². The molecule has 1 fully saturated rings. The number of hydrogen-bond acceptors (Lipinski definition) is 5. The quantitative estimate of drug-likeness (QED) is 0.919. The monoisotopic (exact) mass is 314 g/mol. The van der Waals surface area contributed by atoms with Crippen LogP contribution in [0, 0.1) is 0 Å². The molecule has 0 spiro atoms. The summed E-state index contributed by atoms with van der Waals surface area (Å²) in [5.74, 6) is 1.91. The van der Waals surface area contributed by atoms with Crippen molar-refractivity contribution in [3.63, 3.8) is 0 Å². The van der Waals surface area contributed by atoms with Gasteiger partial charge in [-0.15, -0.1) is 0 Å². The topological polar surface area (TPSA) is 54.2 Å². The first-order valence-electron chi connectivity index (χ1n) is 8.48. The Bertz CT molecular complexity index is 620. The van der Waals surface area contributed by atoms with Crippen LogP contribution < -0.4 is 5.32 Å². The predicted molar refractivity (Wildman–Crippen MR) is 91.2 cm³/mol. The number of hydrogen-bond donors (Lipinski definition) is 1. The Morgan fingerprint density at radius 1 is 1.30 bits per heavy atom. The molecule has 124 valence electrons. The van der Waals surface area contributed by atoms with Gasteiger partial charge in [0.1, 0.15) is 0 Å². The van der Waals surface area contributed by atoms with E-state index in [0.29, 0.717) is 23.7 Å². The van der Waals surface area contributed by atoms with Gasteiger partial charge in [-0.25, -0.2) is 0 Å². The van der Waals surface area contributed by atoms with Gasteiger partial charge >= 0.3 is 0 Å². The number of rotatable bonds is 5. The van der Waals surface area contributed by atoms with Crippen molar-refractivity contribution < 1.29 is 4.52 Å². The van der Waals surface area contributed by atoms with Gasteiger partial charge in [-0.3, -0.25) is 4.90 Å². The van der Waals surface area contributed by atoms with Crippen LogP contribution in [-0.2, 0) is 6.54 Å². The lowest BCUT2D eigenvalue weighted by Gasteiger charge is -2.31. The zero-order valence-corrected chi connectivity index (χ0v) is 14.2. The summed E-state index contributed by atoms with van der Waals surface area (Å²) in [5, 5.41) is 7.49. The second-order valence-electron chi connectivity index (χ2n) is 6.65. The number of likely N-dealkylation sites (tertiary alicyclic amines) is 1. The number of likely N-dealkylation sites (N-methyl/N-ethyl adjacent to an activating group) is 1. The smallest absolute Gasteiger partial charge is 0.241 e. The van der Waals surface area contributed by atoms with Gasteiger partial charge < -0.3 is 9.84 Å². The van der Waals surface area contributed by atoms with Gasteiger partial charge in [0, 0.05) is 18.2 Å². The zero-order chi connectivity index (χ0) is 16.2. The third-order valence-corrected chi connectivity index (χ3v) is 4.58. The summed E-state index contributed by atoms with van der Waals surface area (Å²) in [6.07, 6.45) is 2.45. The van der Waals surface area contributed by atoms with Crippen LogP contribution in [0.4, 0.5) is 0 Å². The fourth-order valence-electron chi connectivity index (χ4n) is 3.08. The largest absolute Gasteiger partial charge is 0.338 e. The van der Waals surface area contributed by atoms with E-state index in [1.165, 1.54) is 18.4 Å². The predicted octanol–water partition coefficient (Wildman–Crippen LogP) is 3.04. The van der Waals surface area contributed by atoms with Crippen molar-refractivity contribution in [1.82, 2.24) is 20.4 Å². The molecule has 0 bridgehead atoms. The van der Waals surface area contributed by atoms with Crippen LogP contribution in [0.15, 0.2) is 28.8 Å². The Morgan fingerprint density at radius 3 is 2.78 bits per heavy atom. The van der Waals surface area contributed by atoms with Gasteiger partial charge in [0.15, 0.2) is 0 Å². The fraction of sp³-hybridized carbons (Fsp3) is 0.556. The average molecular weight is 314 g/mol. The van der Waals surface area contributed by atoms with Crippen LogP contribution in [0.5, 0.6) is 0 Å². The lowest BCUT2D eigenvalue weighted by atomic mass is 10.0. The third-order valence-electron chi connectivity index (χ3n) is 4.58. The molecule has 1 aliphatic heterocycles. The van der Waals surface area contributed by atoms with Crippen LogP contribution in [0.25, 0.3) is 11.4 Å². The van der Waals surface area contributed by atoms with Crippen molar-refractivity contribution in [3.05, 3.63) is 35.7 Å². The summed E-state index contributed by atoms with van der Waals surface area (Å²) >= 11 is 0. The van der Waals surface area contributed by atoms with Crippen molar-refractivity contribution >= 4 is 0 Å². The Labute approximate surface area is 138 Å². The highest BCUT2D eigenvalue weighted by molar-refractivity contribution is 5.54. The maximum atomic E-state index is 5.45. The van der Waals surface area contributed by atoms with Crippen molar-refractivity contribution in [2.24, 2.45) is 0 Å².